The predicted molar refractivity (Wildman–Crippen MR) is 39.1 cm³/mol. The summed E-state index contributed by atoms with van der Waals surface area (Å²) in [4.78, 5) is 0. The minimum atomic E-state index is -3.80. The van der Waals surface area contributed by atoms with Crippen LogP contribution in [0.2, 0.25) is 5.25 Å². The van der Waals surface area contributed by atoms with Crippen molar-refractivity contribution in [2.24, 2.45) is 0 Å². The Morgan fingerprint density at radius 3 is 2.00 bits per heavy atom. The van der Waals surface area contributed by atoms with E-state index < -0.39 is 25.9 Å². The van der Waals surface area contributed by atoms with Gasteiger partial charge in [-0.25, -0.2) is 0 Å². The number of rotatable bonds is 3. The second-order valence-electron chi connectivity index (χ2n) is 1.36. The van der Waals surface area contributed by atoms with E-state index >= 15 is 0 Å². The van der Waals surface area contributed by atoms with E-state index in [1.54, 1.807) is 0 Å². The van der Waals surface area contributed by atoms with Crippen LogP contribution in [0.5, 0.6) is 0 Å². The number of hydrogen-bond donors (Lipinski definition) is 2. The fraction of sp³-hybridized carbons (Fsp3) is 1.00. The predicted octanol–water partition coefficient (Wildman–Crippen LogP) is -2.28. The molecule has 0 heterocycles. The zero-order valence-corrected chi connectivity index (χ0v) is 8.02. The summed E-state index contributed by atoms with van der Waals surface area (Å²) in [7, 11) is -3.80. The molecule has 0 fully saturated rings. The van der Waals surface area contributed by atoms with Crippen molar-refractivity contribution in [3.05, 3.63) is 0 Å². The molecule has 0 radical (unpaired) electrons. The van der Waals surface area contributed by atoms with Crippen LogP contribution in [0.1, 0.15) is 0 Å². The molecule has 52 valence electrons. The van der Waals surface area contributed by atoms with E-state index in [0.29, 0.717) is 0 Å². The van der Waals surface area contributed by atoms with Gasteiger partial charge in [0, 0.05) is 0 Å². The van der Waals surface area contributed by atoms with Gasteiger partial charge < -0.3 is 0 Å². The van der Waals surface area contributed by atoms with Gasteiger partial charge in [-0.3, -0.25) is 0 Å². The molecule has 7 heteroatoms. The van der Waals surface area contributed by atoms with Crippen LogP contribution in [0, 0.1) is 0 Å². The zero-order chi connectivity index (χ0) is 6.62. The number of hydrogen-bond acceptors (Lipinski definition) is 3. The molecule has 0 rings (SSSR count). The van der Waals surface area contributed by atoms with Gasteiger partial charge in [-0.2, -0.15) is 0 Å². The second-order valence-corrected chi connectivity index (χ2v) is 5.36. The topological polar surface area (TPSA) is 74.6 Å². The van der Waals surface area contributed by atoms with Crippen LogP contribution >= 0.6 is 0 Å². The van der Waals surface area contributed by atoms with E-state index in [2.05, 4.69) is 0 Å². The molecule has 0 spiro atoms. The van der Waals surface area contributed by atoms with Crippen LogP contribution < -0.4 is 0 Å². The quantitative estimate of drug-likeness (QED) is 0.419. The van der Waals surface area contributed by atoms with Crippen LogP contribution in [0.4, 0.5) is 0 Å². The van der Waals surface area contributed by atoms with Crippen LogP contribution in [-0.4, -0.2) is 68.2 Å². The standard InChI is InChI=1S/C2H8GeO4S.Na.H/c4-3-1-2-8(5,6)7;;/h4H,1-3H2,(H,5,6,7);;. The molecule has 2 N–H and O–H groups in total. The van der Waals surface area contributed by atoms with Crippen molar-refractivity contribution >= 4 is 55.4 Å². The van der Waals surface area contributed by atoms with Crippen molar-refractivity contribution in [1.29, 1.82) is 0 Å². The summed E-state index contributed by atoms with van der Waals surface area (Å²) in [5.41, 5.74) is 0. The van der Waals surface area contributed by atoms with Crippen molar-refractivity contribution in [3.63, 3.8) is 0 Å². The van der Waals surface area contributed by atoms with Crippen LogP contribution in [0.25, 0.3) is 0 Å². The zero-order valence-electron chi connectivity index (χ0n) is 4.24. The maximum absolute atomic E-state index is 9.86. The van der Waals surface area contributed by atoms with Crippen molar-refractivity contribution in [3.8, 4) is 0 Å². The molecule has 0 aromatic carbocycles. The van der Waals surface area contributed by atoms with Gasteiger partial charge in [-0.05, 0) is 0 Å². The van der Waals surface area contributed by atoms with Gasteiger partial charge in [-0.15, -0.1) is 0 Å². The molecule has 0 atom stereocenters. The summed E-state index contributed by atoms with van der Waals surface area (Å²) in [5, 5.41) is 0.284. The van der Waals surface area contributed by atoms with Gasteiger partial charge in [0.2, 0.25) is 0 Å². The summed E-state index contributed by atoms with van der Waals surface area (Å²) in [6, 6.07) is 0. The van der Waals surface area contributed by atoms with E-state index in [4.69, 9.17) is 8.69 Å². The molecule has 0 aliphatic carbocycles. The Labute approximate surface area is 82.9 Å². The third-order valence-corrected chi connectivity index (χ3v) is 3.85. The molecular weight excluding hydrogens is 216 g/mol. The first-order valence-corrected chi connectivity index (χ1v) is 7.15. The van der Waals surface area contributed by atoms with Crippen LogP contribution in [-0.2, 0) is 10.1 Å². The van der Waals surface area contributed by atoms with Gasteiger partial charge in [0.05, 0.1) is 0 Å². The SMILES string of the molecule is O=S(=O)(O)C[CH2][GeH2][OH].[NaH]. The molecule has 0 aliphatic heterocycles. The van der Waals surface area contributed by atoms with Crippen molar-refractivity contribution in [2.75, 3.05) is 5.75 Å². The molecule has 0 saturated carbocycles. The molecule has 0 aliphatic rings. The molecule has 9 heavy (non-hydrogen) atoms. The summed E-state index contributed by atoms with van der Waals surface area (Å²) < 4.78 is 36.0. The molecule has 0 bridgehead atoms. The Balaban J connectivity index is 0. The van der Waals surface area contributed by atoms with Crippen molar-refractivity contribution < 1.29 is 17.1 Å². The van der Waals surface area contributed by atoms with Crippen molar-refractivity contribution in [1.82, 2.24) is 0 Å². The average Bonchev–Trinajstić information content (AvgIpc) is 1.59. The summed E-state index contributed by atoms with van der Waals surface area (Å²) >= 11 is -1.55. The Morgan fingerprint density at radius 1 is 1.44 bits per heavy atom. The third-order valence-electron chi connectivity index (χ3n) is 0.560. The molecule has 0 aromatic heterocycles. The molecule has 4 nitrogen and oxygen atoms in total. The summed E-state index contributed by atoms with van der Waals surface area (Å²) in [5.74, 6) is -0.274. The van der Waals surface area contributed by atoms with Gasteiger partial charge in [0.15, 0.2) is 0 Å². The minimum absolute atomic E-state index is 0. The third kappa shape index (κ3) is 12.6. The van der Waals surface area contributed by atoms with Gasteiger partial charge >= 0.3 is 83.6 Å². The normalized spacial score (nSPS) is 11.8. The van der Waals surface area contributed by atoms with E-state index in [9.17, 15) is 8.42 Å². The molecule has 0 unspecified atom stereocenters. The molecule has 0 aromatic rings. The Bertz CT molecular complexity index is 143. The monoisotopic (exact) mass is 226 g/mol. The van der Waals surface area contributed by atoms with E-state index in [-0.39, 0.29) is 40.6 Å². The van der Waals surface area contributed by atoms with Gasteiger partial charge in [0.1, 0.15) is 0 Å². The van der Waals surface area contributed by atoms with E-state index in [1.807, 2.05) is 0 Å². The van der Waals surface area contributed by atoms with Gasteiger partial charge in [-0.1, -0.05) is 0 Å². The van der Waals surface area contributed by atoms with Crippen molar-refractivity contribution in [2.45, 2.75) is 5.25 Å². The van der Waals surface area contributed by atoms with E-state index in [0.717, 1.165) is 0 Å². The van der Waals surface area contributed by atoms with Crippen LogP contribution in [0.3, 0.4) is 0 Å². The maximum atomic E-state index is 9.86. The molecule has 0 amide bonds. The Hall–Kier alpha value is 1.41. The first kappa shape index (κ1) is 13.0. The first-order valence-electron chi connectivity index (χ1n) is 2.12. The average molecular weight is 225 g/mol. The Morgan fingerprint density at radius 2 is 1.89 bits per heavy atom. The summed E-state index contributed by atoms with van der Waals surface area (Å²) in [6.07, 6.45) is 0. The van der Waals surface area contributed by atoms with Crippen LogP contribution in [0.15, 0.2) is 0 Å². The van der Waals surface area contributed by atoms with E-state index in [1.165, 1.54) is 0 Å². The fourth-order valence-corrected chi connectivity index (χ4v) is 3.85. The Kier molecular flexibility index (Phi) is 8.90. The summed E-state index contributed by atoms with van der Waals surface area (Å²) in [6.45, 7) is 0. The second kappa shape index (κ2) is 6.14. The fourth-order valence-electron chi connectivity index (χ4n) is 0.247. The molecular formula is C2H9GeNaO4S. The molecule has 0 saturated heterocycles. The van der Waals surface area contributed by atoms with Gasteiger partial charge in [0.25, 0.3) is 0 Å². The first-order chi connectivity index (χ1) is 3.56.